The first kappa shape index (κ1) is 28.1. The van der Waals surface area contributed by atoms with Gasteiger partial charge in [0.2, 0.25) is 0 Å². The van der Waals surface area contributed by atoms with Crippen molar-refractivity contribution in [3.63, 3.8) is 0 Å². The lowest BCUT2D eigenvalue weighted by Crippen LogP contribution is -2.23. The van der Waals surface area contributed by atoms with Crippen molar-refractivity contribution in [3.05, 3.63) is 23.3 Å². The number of nitrogens with two attached hydrogens (primary N) is 2. The summed E-state index contributed by atoms with van der Waals surface area (Å²) in [7, 11) is 5.43. The average Bonchev–Trinajstić information content (AvgIpc) is 2.77. The van der Waals surface area contributed by atoms with Crippen molar-refractivity contribution in [2.45, 2.75) is 25.7 Å². The number of aliphatic imine (C=N–C) groups is 1. The van der Waals surface area contributed by atoms with E-state index in [0.717, 1.165) is 0 Å². The summed E-state index contributed by atoms with van der Waals surface area (Å²) in [4.78, 5) is 51.2. The van der Waals surface area contributed by atoms with Gasteiger partial charge in [0.1, 0.15) is 17.1 Å². The molecule has 13 heteroatoms. The fraction of sp³-hybridized carbons (Fsp3) is 0.450. The highest BCUT2D eigenvalue weighted by atomic mass is 33.1. The third-order valence-corrected chi connectivity index (χ3v) is 6.36. The highest BCUT2D eigenvalue weighted by Crippen LogP contribution is 2.33. The molecule has 5 N–H and O–H groups in total. The largest absolute Gasteiger partial charge is 0.496 e. The molecule has 0 saturated heterocycles. The Morgan fingerprint density at radius 3 is 2.06 bits per heavy atom. The predicted molar refractivity (Wildman–Crippen MR) is 126 cm³/mol. The number of hydrogen-bond donors (Lipinski definition) is 3. The molecule has 0 aliphatic carbocycles. The van der Waals surface area contributed by atoms with E-state index < -0.39 is 17.9 Å². The molecule has 182 valence electrons. The molecule has 0 spiro atoms. The van der Waals surface area contributed by atoms with Crippen LogP contribution < -0.4 is 20.9 Å². The standard InChI is InChI=1S/C20H27N3O8S2/c1-29-14-10-12(19(28)31-17(27)4-3-7-23-20(21)22)11-15(30-2)18(14)13(24)5-8-32-33-9-6-16(25)26/h10-11H,3-9H2,1-2H3,(H,25,26)(H4,21,22,23). The van der Waals surface area contributed by atoms with Crippen molar-refractivity contribution in [3.8, 4) is 11.5 Å². The Morgan fingerprint density at radius 2 is 1.55 bits per heavy atom. The highest BCUT2D eigenvalue weighted by Gasteiger charge is 2.23. The van der Waals surface area contributed by atoms with E-state index in [4.69, 9.17) is 30.8 Å². The van der Waals surface area contributed by atoms with Gasteiger partial charge >= 0.3 is 17.9 Å². The van der Waals surface area contributed by atoms with E-state index >= 15 is 0 Å². The fourth-order valence-corrected chi connectivity index (χ4v) is 4.43. The molecule has 0 atom stereocenters. The van der Waals surface area contributed by atoms with Gasteiger partial charge in [-0.2, -0.15) is 0 Å². The molecular formula is C20H27N3O8S2. The van der Waals surface area contributed by atoms with Gasteiger partial charge in [-0.1, -0.05) is 21.6 Å². The van der Waals surface area contributed by atoms with Gasteiger partial charge in [0.15, 0.2) is 11.7 Å². The molecule has 0 fully saturated rings. The van der Waals surface area contributed by atoms with Crippen LogP contribution in [0.2, 0.25) is 0 Å². The average molecular weight is 502 g/mol. The van der Waals surface area contributed by atoms with Crippen molar-refractivity contribution in [2.75, 3.05) is 32.3 Å². The smallest absolute Gasteiger partial charge is 0.346 e. The molecule has 0 aliphatic rings. The minimum Gasteiger partial charge on any atom is -0.496 e. The molecule has 11 nitrogen and oxygen atoms in total. The van der Waals surface area contributed by atoms with E-state index in [9.17, 15) is 19.2 Å². The van der Waals surface area contributed by atoms with Crippen LogP contribution in [0.15, 0.2) is 17.1 Å². The number of rotatable bonds is 15. The Hall–Kier alpha value is -2.93. The minimum absolute atomic E-state index is 0.0172. The molecule has 1 aromatic rings. The molecule has 0 aliphatic heterocycles. The molecule has 0 unspecified atom stereocenters. The number of Topliss-reactive ketones (excluding diaryl/α,β-unsaturated/α-hetero) is 1. The summed E-state index contributed by atoms with van der Waals surface area (Å²) >= 11 is 0. The van der Waals surface area contributed by atoms with E-state index in [1.165, 1.54) is 47.9 Å². The van der Waals surface area contributed by atoms with E-state index in [1.54, 1.807) is 0 Å². The Kier molecular flexibility index (Phi) is 12.8. The first-order valence-corrected chi connectivity index (χ1v) is 12.2. The van der Waals surface area contributed by atoms with E-state index in [2.05, 4.69) is 4.99 Å². The molecule has 1 aromatic carbocycles. The third-order valence-electron chi connectivity index (χ3n) is 3.96. The van der Waals surface area contributed by atoms with Gasteiger partial charge < -0.3 is 30.8 Å². The number of ketones is 1. The first-order chi connectivity index (χ1) is 15.7. The van der Waals surface area contributed by atoms with Crippen LogP contribution in [0.1, 0.15) is 46.4 Å². The number of carboxylic acids is 1. The normalized spacial score (nSPS) is 10.2. The molecule has 0 heterocycles. The Balaban J connectivity index is 2.79. The van der Waals surface area contributed by atoms with Gasteiger partial charge in [0.05, 0.1) is 26.2 Å². The zero-order valence-corrected chi connectivity index (χ0v) is 20.0. The number of aliphatic carboxylic acids is 1. The predicted octanol–water partition coefficient (Wildman–Crippen LogP) is 1.87. The molecule has 0 radical (unpaired) electrons. The fourth-order valence-electron chi connectivity index (χ4n) is 2.46. The van der Waals surface area contributed by atoms with Gasteiger partial charge in [-0.3, -0.25) is 19.4 Å². The highest BCUT2D eigenvalue weighted by molar-refractivity contribution is 8.76. The molecule has 0 saturated carbocycles. The number of methoxy groups -OCH3 is 2. The second-order valence-corrected chi connectivity index (χ2v) is 9.09. The maximum absolute atomic E-state index is 12.7. The second kappa shape index (κ2) is 15.0. The molecule has 0 aromatic heterocycles. The van der Waals surface area contributed by atoms with Crippen LogP contribution in [0.3, 0.4) is 0 Å². The second-order valence-electron chi connectivity index (χ2n) is 6.39. The van der Waals surface area contributed by atoms with Crippen molar-refractivity contribution >= 4 is 51.2 Å². The molecule has 1 rings (SSSR count). The first-order valence-electron chi connectivity index (χ1n) is 9.75. The van der Waals surface area contributed by atoms with Gasteiger partial charge in [0.25, 0.3) is 0 Å². The lowest BCUT2D eigenvalue weighted by Gasteiger charge is -2.14. The third kappa shape index (κ3) is 10.5. The van der Waals surface area contributed by atoms with Crippen molar-refractivity contribution in [2.24, 2.45) is 16.5 Å². The molecule has 0 amide bonds. The van der Waals surface area contributed by atoms with Crippen LogP contribution in [-0.4, -0.2) is 67.0 Å². The van der Waals surface area contributed by atoms with Crippen LogP contribution in [-0.2, 0) is 14.3 Å². The lowest BCUT2D eigenvalue weighted by atomic mass is 10.0. The maximum Gasteiger partial charge on any atom is 0.346 e. The topological polar surface area (TPSA) is 181 Å². The number of carbonyl (C=O) groups excluding carboxylic acids is 3. The Bertz CT molecular complexity index is 863. The van der Waals surface area contributed by atoms with Crippen molar-refractivity contribution < 1.29 is 38.5 Å². The van der Waals surface area contributed by atoms with E-state index in [0.29, 0.717) is 17.9 Å². The summed E-state index contributed by atoms with van der Waals surface area (Å²) in [5.74, 6) is -1.80. The number of hydrogen-bond acceptors (Lipinski definition) is 10. The molecular weight excluding hydrogens is 474 g/mol. The summed E-state index contributed by atoms with van der Waals surface area (Å²) in [5, 5.41) is 8.63. The van der Waals surface area contributed by atoms with Gasteiger partial charge in [-0.25, -0.2) is 4.79 Å². The zero-order valence-electron chi connectivity index (χ0n) is 18.3. The van der Waals surface area contributed by atoms with E-state index in [1.807, 2.05) is 0 Å². The molecule has 33 heavy (non-hydrogen) atoms. The van der Waals surface area contributed by atoms with Crippen LogP contribution >= 0.6 is 21.6 Å². The van der Waals surface area contributed by atoms with Crippen LogP contribution in [0.25, 0.3) is 0 Å². The van der Waals surface area contributed by atoms with Crippen LogP contribution in [0.5, 0.6) is 11.5 Å². The Morgan fingerprint density at radius 1 is 0.970 bits per heavy atom. The summed E-state index contributed by atoms with van der Waals surface area (Å²) in [5.41, 5.74) is 10.5. The summed E-state index contributed by atoms with van der Waals surface area (Å²) in [6.07, 6.45) is 0.436. The number of esters is 2. The van der Waals surface area contributed by atoms with E-state index in [-0.39, 0.29) is 60.2 Å². The minimum atomic E-state index is -0.914. The van der Waals surface area contributed by atoms with Crippen LogP contribution in [0, 0.1) is 0 Å². The maximum atomic E-state index is 12.7. The quantitative estimate of drug-likeness (QED) is 0.0604. The van der Waals surface area contributed by atoms with Gasteiger partial charge in [-0.15, -0.1) is 0 Å². The van der Waals surface area contributed by atoms with Crippen LogP contribution in [0.4, 0.5) is 0 Å². The molecule has 0 bridgehead atoms. The number of carbonyl (C=O) groups is 4. The number of ether oxygens (including phenoxy) is 3. The van der Waals surface area contributed by atoms with Crippen molar-refractivity contribution in [1.29, 1.82) is 0 Å². The number of guanidine groups is 1. The SMILES string of the molecule is COc1cc(C(=O)OC(=O)CCCN=C(N)N)cc(OC)c1C(=O)CCSSCCC(=O)O. The monoisotopic (exact) mass is 501 g/mol. The van der Waals surface area contributed by atoms with Gasteiger partial charge in [-0.05, 0) is 18.6 Å². The summed E-state index contributed by atoms with van der Waals surface area (Å²) < 4.78 is 15.4. The van der Waals surface area contributed by atoms with Gasteiger partial charge in [0, 0.05) is 30.9 Å². The lowest BCUT2D eigenvalue weighted by molar-refractivity contribution is -0.138. The van der Waals surface area contributed by atoms with Crippen molar-refractivity contribution in [1.82, 2.24) is 0 Å². The number of benzene rings is 1. The number of carboxylic acid groups (broad SMARTS) is 1. The zero-order chi connectivity index (χ0) is 24.8. The summed E-state index contributed by atoms with van der Waals surface area (Å²) in [6, 6.07) is 2.61. The number of nitrogens with zero attached hydrogens (tertiary/aromatic N) is 1. The summed E-state index contributed by atoms with van der Waals surface area (Å²) in [6.45, 7) is 0.223. The Labute approximate surface area is 199 Å².